The summed E-state index contributed by atoms with van der Waals surface area (Å²) >= 11 is 11.9. The van der Waals surface area contributed by atoms with E-state index in [1.54, 1.807) is 41.3 Å². The first kappa shape index (κ1) is 20.1. The van der Waals surface area contributed by atoms with Crippen LogP contribution in [0.4, 0.5) is 4.79 Å². The number of amides is 2. The van der Waals surface area contributed by atoms with Crippen LogP contribution >= 0.6 is 23.2 Å². The zero-order valence-corrected chi connectivity index (χ0v) is 17.9. The summed E-state index contributed by atoms with van der Waals surface area (Å²) < 4.78 is 5.37. The molecule has 10 heteroatoms. The molecule has 2 heterocycles. The van der Waals surface area contributed by atoms with Crippen LogP contribution in [-0.2, 0) is 11.3 Å². The second-order valence-electron chi connectivity index (χ2n) is 8.29. The fourth-order valence-electron chi connectivity index (χ4n) is 4.42. The molecule has 1 saturated heterocycles. The number of nitrogens with zero attached hydrogens (tertiary/aromatic N) is 3. The maximum Gasteiger partial charge on any atom is 0.410 e. The summed E-state index contributed by atoms with van der Waals surface area (Å²) in [4.78, 5) is 26.5. The van der Waals surface area contributed by atoms with Gasteiger partial charge in [-0.3, -0.25) is 4.79 Å². The van der Waals surface area contributed by atoms with E-state index in [-0.39, 0.29) is 30.1 Å². The van der Waals surface area contributed by atoms with Gasteiger partial charge < -0.3 is 15.0 Å². The first-order valence-electron chi connectivity index (χ1n) is 9.87. The molecule has 2 aliphatic rings. The average molecular weight is 460 g/mol. The molecule has 0 bridgehead atoms. The normalized spacial score (nSPS) is 17.3. The van der Waals surface area contributed by atoms with Crippen LogP contribution in [0.2, 0.25) is 10.0 Å². The molecule has 1 aliphatic carbocycles. The van der Waals surface area contributed by atoms with Gasteiger partial charge in [0.15, 0.2) is 0 Å². The van der Waals surface area contributed by atoms with E-state index in [0.29, 0.717) is 34.2 Å². The summed E-state index contributed by atoms with van der Waals surface area (Å²) in [5.74, 6) is -0.125. The number of rotatable bonds is 4. The summed E-state index contributed by atoms with van der Waals surface area (Å²) in [5, 5.41) is 14.6. The number of fused-ring (bicyclic) bond motifs is 1. The van der Waals surface area contributed by atoms with Crippen LogP contribution in [-0.4, -0.2) is 51.4 Å². The Hall–Kier alpha value is -2.84. The number of carbonyl (C=O) groups is 2. The number of halogens is 2. The highest BCUT2D eigenvalue weighted by molar-refractivity contribution is 6.34. The number of H-pyrrole nitrogens is 1. The minimum absolute atomic E-state index is 0.0758. The summed E-state index contributed by atoms with van der Waals surface area (Å²) in [6.45, 7) is 1.40. The lowest BCUT2D eigenvalue weighted by Crippen LogP contribution is -2.67. The Labute approximate surface area is 187 Å². The van der Waals surface area contributed by atoms with Crippen LogP contribution in [0.3, 0.4) is 0 Å². The Kier molecular flexibility index (Phi) is 4.98. The predicted octanol–water partition coefficient (Wildman–Crippen LogP) is 3.80. The highest BCUT2D eigenvalue weighted by Crippen LogP contribution is 2.48. The lowest BCUT2D eigenvalue weighted by molar-refractivity contribution is -0.0693. The highest BCUT2D eigenvalue weighted by atomic mass is 35.5. The van der Waals surface area contributed by atoms with Gasteiger partial charge in [-0.2, -0.15) is 15.4 Å². The molecule has 8 nitrogen and oxygen atoms in total. The smallest absolute Gasteiger partial charge is 0.410 e. The number of likely N-dealkylation sites (tertiary alicyclic amines) is 1. The third-order valence-corrected chi connectivity index (χ3v) is 6.30. The number of hydrogen-bond acceptors (Lipinski definition) is 5. The minimum atomic E-state index is -0.352. The van der Waals surface area contributed by atoms with Gasteiger partial charge in [-0.25, -0.2) is 4.79 Å². The van der Waals surface area contributed by atoms with Gasteiger partial charge in [0.2, 0.25) is 0 Å². The molecule has 0 unspecified atom stereocenters. The molecule has 160 valence electrons. The highest BCUT2D eigenvalue weighted by Gasteiger charge is 2.54. The number of ether oxygens (including phenoxy) is 1. The molecule has 2 amide bonds. The van der Waals surface area contributed by atoms with Gasteiger partial charge in [0.1, 0.15) is 17.6 Å². The van der Waals surface area contributed by atoms with Crippen molar-refractivity contribution in [1.82, 2.24) is 25.6 Å². The van der Waals surface area contributed by atoms with E-state index in [0.717, 1.165) is 23.9 Å². The van der Waals surface area contributed by atoms with Crippen molar-refractivity contribution in [3.05, 3.63) is 57.6 Å². The molecule has 0 radical (unpaired) electrons. The molecule has 2 fully saturated rings. The standard InChI is InChI=1S/C21H19Cl2N5O3/c22-14-3-12(4-15(23)6-14)9-31-20(30)28-10-21(11-28)7-16(8-21)24-19(29)13-1-2-17-18(5-13)26-27-25-17/h1-6,16H,7-11H2,(H,24,29)(H,25,26,27). The molecule has 31 heavy (non-hydrogen) atoms. The van der Waals surface area contributed by atoms with Crippen molar-refractivity contribution in [3.8, 4) is 0 Å². The Morgan fingerprint density at radius 2 is 1.81 bits per heavy atom. The number of benzene rings is 2. The van der Waals surface area contributed by atoms with E-state index in [4.69, 9.17) is 27.9 Å². The topological polar surface area (TPSA) is 100 Å². The molecule has 0 atom stereocenters. The monoisotopic (exact) mass is 459 g/mol. The zero-order valence-electron chi connectivity index (χ0n) is 16.4. The van der Waals surface area contributed by atoms with Crippen molar-refractivity contribution >= 4 is 46.2 Å². The van der Waals surface area contributed by atoms with Crippen molar-refractivity contribution in [2.45, 2.75) is 25.5 Å². The second kappa shape index (κ2) is 7.69. The third-order valence-electron chi connectivity index (χ3n) is 5.87. The van der Waals surface area contributed by atoms with E-state index < -0.39 is 0 Å². The predicted molar refractivity (Wildman–Crippen MR) is 115 cm³/mol. The van der Waals surface area contributed by atoms with Crippen LogP contribution in [0.1, 0.15) is 28.8 Å². The number of hydrogen-bond donors (Lipinski definition) is 2. The molecule has 1 spiro atoms. The molecule has 1 aliphatic heterocycles. The van der Waals surface area contributed by atoms with Crippen molar-refractivity contribution in [2.24, 2.45) is 5.41 Å². The van der Waals surface area contributed by atoms with Gasteiger partial charge >= 0.3 is 6.09 Å². The third kappa shape index (κ3) is 4.05. The number of carbonyl (C=O) groups excluding carboxylic acids is 2. The lowest BCUT2D eigenvalue weighted by atomic mass is 9.61. The lowest BCUT2D eigenvalue weighted by Gasteiger charge is -2.58. The number of nitrogens with one attached hydrogen (secondary N) is 2. The van der Waals surface area contributed by atoms with E-state index >= 15 is 0 Å². The van der Waals surface area contributed by atoms with Gasteiger partial charge in [-0.15, -0.1) is 0 Å². The summed E-state index contributed by atoms with van der Waals surface area (Å²) in [7, 11) is 0. The Morgan fingerprint density at radius 1 is 1.10 bits per heavy atom. The Bertz CT molecular complexity index is 1150. The van der Waals surface area contributed by atoms with Crippen LogP contribution in [0.15, 0.2) is 36.4 Å². The molecular formula is C21H19Cl2N5O3. The molecular weight excluding hydrogens is 441 g/mol. The van der Waals surface area contributed by atoms with Gasteiger partial charge in [-0.1, -0.05) is 23.2 Å². The largest absolute Gasteiger partial charge is 0.445 e. The maximum absolute atomic E-state index is 12.5. The quantitative estimate of drug-likeness (QED) is 0.617. The van der Waals surface area contributed by atoms with Gasteiger partial charge in [0.05, 0.1) is 0 Å². The summed E-state index contributed by atoms with van der Waals surface area (Å²) in [5.41, 5.74) is 2.76. The summed E-state index contributed by atoms with van der Waals surface area (Å²) in [6.07, 6.45) is 1.34. The van der Waals surface area contributed by atoms with Crippen molar-refractivity contribution in [2.75, 3.05) is 13.1 Å². The van der Waals surface area contributed by atoms with Crippen molar-refractivity contribution in [1.29, 1.82) is 0 Å². The maximum atomic E-state index is 12.5. The van der Waals surface area contributed by atoms with E-state index in [9.17, 15) is 9.59 Å². The van der Waals surface area contributed by atoms with Crippen LogP contribution in [0, 0.1) is 5.41 Å². The van der Waals surface area contributed by atoms with Gasteiger partial charge in [0, 0.05) is 40.2 Å². The van der Waals surface area contributed by atoms with Gasteiger partial charge in [0.25, 0.3) is 5.91 Å². The molecule has 5 rings (SSSR count). The summed E-state index contributed by atoms with van der Waals surface area (Å²) in [6, 6.07) is 10.4. The Morgan fingerprint density at radius 3 is 2.55 bits per heavy atom. The van der Waals surface area contributed by atoms with Crippen LogP contribution in [0.25, 0.3) is 11.0 Å². The van der Waals surface area contributed by atoms with Crippen LogP contribution < -0.4 is 5.32 Å². The Balaban J connectivity index is 1.07. The fourth-order valence-corrected chi connectivity index (χ4v) is 4.99. The fraction of sp³-hybridized carbons (Fsp3) is 0.333. The average Bonchev–Trinajstić information content (AvgIpc) is 3.13. The molecule has 1 saturated carbocycles. The number of aromatic amines is 1. The van der Waals surface area contributed by atoms with Crippen molar-refractivity contribution in [3.63, 3.8) is 0 Å². The number of aromatic nitrogens is 3. The first-order valence-corrected chi connectivity index (χ1v) is 10.6. The molecule has 2 aromatic carbocycles. The minimum Gasteiger partial charge on any atom is -0.445 e. The second-order valence-corrected chi connectivity index (χ2v) is 9.17. The zero-order chi connectivity index (χ0) is 21.6. The van der Waals surface area contributed by atoms with Crippen LogP contribution in [0.5, 0.6) is 0 Å². The van der Waals surface area contributed by atoms with Crippen molar-refractivity contribution < 1.29 is 14.3 Å². The molecule has 2 N–H and O–H groups in total. The first-order chi connectivity index (χ1) is 14.9. The SMILES string of the molecule is O=C(NC1CC2(C1)CN(C(=O)OCc1cc(Cl)cc(Cl)c1)C2)c1ccc2n[nH]nc2c1. The van der Waals surface area contributed by atoms with Gasteiger partial charge in [-0.05, 0) is 54.8 Å². The van der Waals surface area contributed by atoms with E-state index in [2.05, 4.69) is 20.7 Å². The molecule has 3 aromatic rings. The van der Waals surface area contributed by atoms with E-state index in [1.165, 1.54) is 0 Å². The van der Waals surface area contributed by atoms with E-state index in [1.807, 2.05) is 0 Å². The molecule has 1 aromatic heterocycles.